The summed E-state index contributed by atoms with van der Waals surface area (Å²) in [6.07, 6.45) is 1.09. The Kier molecular flexibility index (Phi) is 7.72. The number of nitrogens with one attached hydrogen (secondary N) is 2. The average Bonchev–Trinajstić information content (AvgIpc) is 2.87. The first-order valence-corrected chi connectivity index (χ1v) is 9.88. The van der Waals surface area contributed by atoms with Crippen LogP contribution in [-0.2, 0) is 0 Å². The van der Waals surface area contributed by atoms with Gasteiger partial charge in [-0.3, -0.25) is 19.8 Å². The average molecular weight is 477 g/mol. The zero-order valence-corrected chi connectivity index (χ0v) is 17.9. The van der Waals surface area contributed by atoms with Crippen molar-refractivity contribution in [2.24, 2.45) is 0 Å². The molecule has 5 rings (SSSR count). The van der Waals surface area contributed by atoms with Crippen molar-refractivity contribution in [1.29, 1.82) is 0 Å². The molecule has 12 heteroatoms. The van der Waals surface area contributed by atoms with Gasteiger partial charge in [-0.25, -0.2) is 20.1 Å². The maximum atomic E-state index is 11.2. The molecular weight excluding hydrogens is 458 g/mol. The summed E-state index contributed by atoms with van der Waals surface area (Å²) in [5.74, 6) is -1.32. The van der Waals surface area contributed by atoms with E-state index in [9.17, 15) is 19.2 Å². The van der Waals surface area contributed by atoms with Gasteiger partial charge in [-0.15, -0.1) is 4.73 Å². The number of H-pyrrole nitrogens is 1. The fourth-order valence-electron chi connectivity index (χ4n) is 2.87. The first kappa shape index (κ1) is 24.4. The second-order valence-electron chi connectivity index (χ2n) is 6.79. The number of benzene rings is 3. The Morgan fingerprint density at radius 3 is 2.29 bits per heavy atom. The summed E-state index contributed by atoms with van der Waals surface area (Å²) in [5, 5.41) is 18.0. The summed E-state index contributed by atoms with van der Waals surface area (Å²) in [6, 6.07) is 20.0. The lowest BCUT2D eigenvalue weighted by molar-refractivity contribution is 0.0707. The molecule has 12 nitrogen and oxygen atoms in total. The molecule has 0 unspecified atom stereocenters. The summed E-state index contributed by atoms with van der Waals surface area (Å²) >= 11 is 0. The summed E-state index contributed by atoms with van der Waals surface area (Å²) in [4.78, 5) is 50.0. The summed E-state index contributed by atoms with van der Waals surface area (Å²) < 4.78 is 4.80. The highest BCUT2D eigenvalue weighted by atomic mass is 16.5. The van der Waals surface area contributed by atoms with Gasteiger partial charge in [0, 0.05) is 5.69 Å². The molecule has 6 N–H and O–H groups in total. The molecule has 35 heavy (non-hydrogen) atoms. The van der Waals surface area contributed by atoms with Crippen molar-refractivity contribution in [2.75, 3.05) is 5.73 Å². The van der Waals surface area contributed by atoms with Crippen LogP contribution in [-0.4, -0.2) is 31.0 Å². The van der Waals surface area contributed by atoms with Crippen LogP contribution in [0.5, 0.6) is 0 Å². The van der Waals surface area contributed by atoms with Crippen molar-refractivity contribution >= 4 is 33.4 Å². The van der Waals surface area contributed by atoms with Gasteiger partial charge in [-0.05, 0) is 36.4 Å². The van der Waals surface area contributed by atoms with Crippen LogP contribution >= 0.6 is 0 Å². The predicted octanol–water partition coefficient (Wildman–Crippen LogP) is 1.50. The van der Waals surface area contributed by atoms with E-state index in [0.29, 0.717) is 32.2 Å². The summed E-state index contributed by atoms with van der Waals surface area (Å²) in [5.41, 5.74) is 7.59. The van der Waals surface area contributed by atoms with Gasteiger partial charge in [0.2, 0.25) is 0 Å². The number of nitrogens with zero attached hydrogens (tertiary/aromatic N) is 2. The molecule has 5 aromatic rings. The Morgan fingerprint density at radius 1 is 0.943 bits per heavy atom. The number of para-hydroxylation sites is 3. The van der Waals surface area contributed by atoms with E-state index in [-0.39, 0.29) is 5.56 Å². The Morgan fingerprint density at radius 2 is 1.57 bits per heavy atom. The van der Waals surface area contributed by atoms with Gasteiger partial charge in [0.15, 0.2) is 0 Å². The molecule has 2 heterocycles. The third-order valence-electron chi connectivity index (χ3n) is 4.52. The Hall–Kier alpha value is -5.23. The van der Waals surface area contributed by atoms with E-state index in [2.05, 4.69) is 14.4 Å². The molecule has 0 aliphatic carbocycles. The van der Waals surface area contributed by atoms with Crippen molar-refractivity contribution in [3.63, 3.8) is 0 Å². The van der Waals surface area contributed by atoms with Crippen LogP contribution in [0.3, 0.4) is 0 Å². The highest BCUT2D eigenvalue weighted by Crippen LogP contribution is 2.09. The predicted molar refractivity (Wildman–Crippen MR) is 126 cm³/mol. The van der Waals surface area contributed by atoms with E-state index in [4.69, 9.17) is 16.1 Å². The normalized spacial score (nSPS) is 9.97. The minimum atomic E-state index is -0.723. The monoisotopic (exact) mass is 477 g/mol. The van der Waals surface area contributed by atoms with Crippen molar-refractivity contribution < 1.29 is 19.6 Å². The van der Waals surface area contributed by atoms with Crippen molar-refractivity contribution in [3.8, 4) is 0 Å². The van der Waals surface area contributed by atoms with Crippen LogP contribution in [0.1, 0.15) is 10.4 Å². The first-order chi connectivity index (χ1) is 16.8. The molecule has 0 spiro atoms. The molecule has 0 atom stereocenters. The number of nitrogen functional groups attached to an aromatic ring is 1. The third-order valence-corrected chi connectivity index (χ3v) is 4.52. The number of rotatable bonds is 1. The number of anilines is 1. The SMILES string of the molecule is Nc1ccccc1C(=O)NO.O=c1[nH]c2ccccc2c(=O)o1.O=c1c2ccccc2ncn1O. The van der Waals surface area contributed by atoms with E-state index >= 15 is 0 Å². The maximum absolute atomic E-state index is 11.2. The van der Waals surface area contributed by atoms with Crippen LogP contribution in [0.4, 0.5) is 5.69 Å². The van der Waals surface area contributed by atoms with Crippen molar-refractivity contribution in [3.05, 3.63) is 116 Å². The van der Waals surface area contributed by atoms with Crippen LogP contribution in [0.15, 0.2) is 97.9 Å². The maximum Gasteiger partial charge on any atom is 0.419 e. The molecule has 1 amide bonds. The highest BCUT2D eigenvalue weighted by molar-refractivity contribution is 5.98. The van der Waals surface area contributed by atoms with Crippen LogP contribution in [0.25, 0.3) is 21.8 Å². The van der Waals surface area contributed by atoms with Gasteiger partial charge < -0.3 is 15.4 Å². The molecule has 0 fully saturated rings. The second kappa shape index (κ2) is 11.1. The number of hydrogen-bond donors (Lipinski definition) is 5. The molecule has 178 valence electrons. The first-order valence-electron chi connectivity index (χ1n) is 9.88. The molecule has 3 aromatic carbocycles. The number of hydroxylamine groups is 1. The van der Waals surface area contributed by atoms with E-state index in [0.717, 1.165) is 6.33 Å². The van der Waals surface area contributed by atoms with Crippen LogP contribution in [0, 0.1) is 0 Å². The second-order valence-corrected chi connectivity index (χ2v) is 6.79. The minimum absolute atomic E-state index is 0.273. The Bertz CT molecular complexity index is 1660. The Balaban J connectivity index is 0.000000147. The molecule has 0 saturated heterocycles. The number of hydrogen-bond acceptors (Lipinski definition) is 9. The molecular formula is C23H19N5O7. The number of carbonyl (C=O) groups excluding carboxylic acids is 1. The van der Waals surface area contributed by atoms with E-state index in [1.807, 2.05) is 0 Å². The van der Waals surface area contributed by atoms with E-state index in [1.165, 1.54) is 11.5 Å². The molecule has 0 radical (unpaired) electrons. The van der Waals surface area contributed by atoms with E-state index < -0.39 is 22.8 Å². The number of amides is 1. The topological polar surface area (TPSA) is 194 Å². The number of carbonyl (C=O) groups is 1. The number of aromatic amines is 1. The van der Waals surface area contributed by atoms with Gasteiger partial charge in [-0.1, -0.05) is 36.4 Å². The molecule has 0 saturated carbocycles. The zero-order valence-electron chi connectivity index (χ0n) is 17.9. The number of nitrogens with two attached hydrogens (primary N) is 1. The fraction of sp³-hybridized carbons (Fsp3) is 0. The smallest absolute Gasteiger partial charge is 0.419 e. The van der Waals surface area contributed by atoms with Crippen molar-refractivity contribution in [1.82, 2.24) is 20.2 Å². The van der Waals surface area contributed by atoms with Gasteiger partial charge in [0.05, 0.1) is 27.4 Å². The van der Waals surface area contributed by atoms with Gasteiger partial charge in [0.25, 0.3) is 11.5 Å². The number of fused-ring (bicyclic) bond motifs is 2. The van der Waals surface area contributed by atoms with Crippen LogP contribution < -0.4 is 28.2 Å². The minimum Gasteiger partial charge on any atom is -0.424 e. The highest BCUT2D eigenvalue weighted by Gasteiger charge is 2.05. The van der Waals surface area contributed by atoms with E-state index in [1.54, 1.807) is 66.7 Å². The standard InChI is InChI=1S/C8H6N2O2.C8H5NO3.C7H8N2O2/c11-8-6-3-1-2-4-7(6)9-5-10(8)12;10-7-5-3-1-2-4-6(5)9-8(11)12-7;8-6-4-2-1-3-5(6)7(10)9-11/h1-5,12H;1-4H,(H,9,11);1-4,11H,8H2,(H,9,10). The molecule has 0 aliphatic heterocycles. The Labute approximate surface area is 195 Å². The lowest BCUT2D eigenvalue weighted by atomic mass is 10.2. The number of aromatic nitrogens is 3. The third kappa shape index (κ3) is 5.97. The van der Waals surface area contributed by atoms with Crippen molar-refractivity contribution in [2.45, 2.75) is 0 Å². The zero-order chi connectivity index (χ0) is 25.4. The summed E-state index contributed by atoms with van der Waals surface area (Å²) in [6.45, 7) is 0. The lowest BCUT2D eigenvalue weighted by Gasteiger charge is -2.00. The van der Waals surface area contributed by atoms with Crippen LogP contribution in [0.2, 0.25) is 0 Å². The van der Waals surface area contributed by atoms with Gasteiger partial charge in [0.1, 0.15) is 6.33 Å². The van der Waals surface area contributed by atoms with Gasteiger partial charge >= 0.3 is 11.4 Å². The lowest BCUT2D eigenvalue weighted by Crippen LogP contribution is -2.19. The molecule has 2 aromatic heterocycles. The quantitative estimate of drug-likeness (QED) is 0.103. The summed E-state index contributed by atoms with van der Waals surface area (Å²) in [7, 11) is 0. The largest absolute Gasteiger partial charge is 0.424 e. The molecule has 0 bridgehead atoms. The van der Waals surface area contributed by atoms with Gasteiger partial charge in [-0.2, -0.15) is 0 Å². The molecule has 0 aliphatic rings. The fourth-order valence-corrected chi connectivity index (χ4v) is 2.87.